The number of rotatable bonds is 5. The van der Waals surface area contributed by atoms with Gasteiger partial charge in [0.2, 0.25) is 0 Å². The third-order valence-electron chi connectivity index (χ3n) is 2.98. The van der Waals surface area contributed by atoms with E-state index in [0.717, 1.165) is 29.8 Å². The summed E-state index contributed by atoms with van der Waals surface area (Å²) in [6, 6.07) is 0. The van der Waals surface area contributed by atoms with Crippen molar-refractivity contribution < 1.29 is 5.11 Å². The Morgan fingerprint density at radius 1 is 1.33 bits per heavy atom. The Balaban J connectivity index is 2.68. The topological polar surface area (TPSA) is 38.1 Å². The fourth-order valence-corrected chi connectivity index (χ4v) is 2.00. The third-order valence-corrected chi connectivity index (χ3v) is 2.98. The summed E-state index contributed by atoms with van der Waals surface area (Å²) in [4.78, 5) is 0. The summed E-state index contributed by atoms with van der Waals surface area (Å²) in [5, 5.41) is 14.4. The molecule has 0 saturated heterocycles. The van der Waals surface area contributed by atoms with Gasteiger partial charge >= 0.3 is 0 Å². The van der Waals surface area contributed by atoms with Gasteiger partial charge in [0.15, 0.2) is 0 Å². The molecular formula is C12H22N2O. The molecule has 0 radical (unpaired) electrons. The highest BCUT2D eigenvalue weighted by Crippen LogP contribution is 2.25. The van der Waals surface area contributed by atoms with Gasteiger partial charge in [-0.2, -0.15) is 5.10 Å². The smallest absolute Gasteiger partial charge is 0.0825 e. The van der Waals surface area contributed by atoms with Crippen molar-refractivity contribution in [1.82, 2.24) is 9.78 Å². The minimum Gasteiger partial charge on any atom is -0.388 e. The van der Waals surface area contributed by atoms with Crippen molar-refractivity contribution in [1.29, 1.82) is 0 Å². The third kappa shape index (κ3) is 2.81. The van der Waals surface area contributed by atoms with Crippen LogP contribution in [0.1, 0.15) is 55.7 Å². The normalized spacial score (nSPS) is 13.1. The first-order valence-electron chi connectivity index (χ1n) is 5.76. The molecule has 3 nitrogen and oxygen atoms in total. The second-order valence-electron chi connectivity index (χ2n) is 4.22. The predicted molar refractivity (Wildman–Crippen MR) is 61.8 cm³/mol. The molecule has 1 atom stereocenters. The Morgan fingerprint density at radius 2 is 2.00 bits per heavy atom. The largest absolute Gasteiger partial charge is 0.388 e. The zero-order valence-corrected chi connectivity index (χ0v) is 10.2. The van der Waals surface area contributed by atoms with Crippen molar-refractivity contribution in [2.45, 2.75) is 52.6 Å². The first kappa shape index (κ1) is 12.2. The van der Waals surface area contributed by atoms with Crippen LogP contribution < -0.4 is 0 Å². The molecule has 1 aromatic heterocycles. The maximum atomic E-state index is 10.1. The summed E-state index contributed by atoms with van der Waals surface area (Å²) in [5.74, 6) is 0. The van der Waals surface area contributed by atoms with Crippen molar-refractivity contribution in [2.24, 2.45) is 7.05 Å². The number of nitrogens with zero attached hydrogens (tertiary/aromatic N) is 2. The Morgan fingerprint density at radius 3 is 2.47 bits per heavy atom. The molecule has 1 heterocycles. The van der Waals surface area contributed by atoms with Crippen LogP contribution in [0.5, 0.6) is 0 Å². The lowest BCUT2D eigenvalue weighted by atomic mass is 10.0. The molecule has 0 fully saturated rings. The molecule has 1 aromatic rings. The van der Waals surface area contributed by atoms with Gasteiger partial charge in [0.1, 0.15) is 0 Å². The second kappa shape index (κ2) is 5.31. The van der Waals surface area contributed by atoms with E-state index in [9.17, 15) is 5.11 Å². The van der Waals surface area contributed by atoms with Crippen LogP contribution in [0.3, 0.4) is 0 Å². The molecule has 0 aromatic carbocycles. The monoisotopic (exact) mass is 210 g/mol. The Kier molecular flexibility index (Phi) is 4.33. The molecule has 1 rings (SSSR count). The lowest BCUT2D eigenvalue weighted by molar-refractivity contribution is 0.162. The number of aliphatic hydroxyl groups excluding tert-OH is 1. The standard InChI is InChI=1S/C12H22N2O/c1-5-6-7-8-11(15)12-9(2)13-14(4)10(12)3/h11,15H,5-8H2,1-4H3. The molecule has 0 spiro atoms. The predicted octanol–water partition coefficient (Wildman–Crippen LogP) is 2.65. The van der Waals surface area contributed by atoms with E-state index in [1.54, 1.807) is 0 Å². The van der Waals surface area contributed by atoms with Crippen molar-refractivity contribution in [2.75, 3.05) is 0 Å². The number of hydrogen-bond acceptors (Lipinski definition) is 2. The second-order valence-corrected chi connectivity index (χ2v) is 4.22. The van der Waals surface area contributed by atoms with E-state index in [4.69, 9.17) is 0 Å². The van der Waals surface area contributed by atoms with E-state index < -0.39 is 0 Å². The molecule has 3 heteroatoms. The van der Waals surface area contributed by atoms with Crippen LogP contribution in [0, 0.1) is 13.8 Å². The van der Waals surface area contributed by atoms with Gasteiger partial charge in [-0.25, -0.2) is 0 Å². The van der Waals surface area contributed by atoms with Crippen LogP contribution in [0.25, 0.3) is 0 Å². The maximum absolute atomic E-state index is 10.1. The molecule has 0 aliphatic heterocycles. The lowest BCUT2D eigenvalue weighted by Gasteiger charge is -2.10. The Labute approximate surface area is 92.1 Å². The molecule has 86 valence electrons. The average Bonchev–Trinajstić information content (AvgIpc) is 2.41. The minimum atomic E-state index is -0.342. The summed E-state index contributed by atoms with van der Waals surface area (Å²) >= 11 is 0. The van der Waals surface area contributed by atoms with Crippen LogP contribution in [-0.4, -0.2) is 14.9 Å². The molecule has 0 amide bonds. The van der Waals surface area contributed by atoms with E-state index in [2.05, 4.69) is 12.0 Å². The van der Waals surface area contributed by atoms with Gasteiger partial charge in [-0.15, -0.1) is 0 Å². The maximum Gasteiger partial charge on any atom is 0.0825 e. The molecule has 0 aliphatic carbocycles. The molecule has 0 bridgehead atoms. The van der Waals surface area contributed by atoms with Crippen LogP contribution in [0.15, 0.2) is 0 Å². The van der Waals surface area contributed by atoms with Crippen LogP contribution in [-0.2, 0) is 7.05 Å². The summed E-state index contributed by atoms with van der Waals surface area (Å²) in [6.45, 7) is 6.15. The minimum absolute atomic E-state index is 0.342. The Hall–Kier alpha value is -0.830. The fourth-order valence-electron chi connectivity index (χ4n) is 2.00. The first-order chi connectivity index (χ1) is 7.07. The van der Waals surface area contributed by atoms with Crippen molar-refractivity contribution in [3.05, 3.63) is 17.0 Å². The van der Waals surface area contributed by atoms with Gasteiger partial charge in [-0.1, -0.05) is 26.2 Å². The van der Waals surface area contributed by atoms with E-state index >= 15 is 0 Å². The van der Waals surface area contributed by atoms with E-state index in [1.165, 1.54) is 12.8 Å². The lowest BCUT2D eigenvalue weighted by Crippen LogP contribution is -2.01. The summed E-state index contributed by atoms with van der Waals surface area (Å²) in [5.41, 5.74) is 3.06. The number of unbranched alkanes of at least 4 members (excludes halogenated alkanes) is 2. The summed E-state index contributed by atoms with van der Waals surface area (Å²) < 4.78 is 1.84. The van der Waals surface area contributed by atoms with Crippen molar-refractivity contribution >= 4 is 0 Å². The average molecular weight is 210 g/mol. The highest BCUT2D eigenvalue weighted by Gasteiger charge is 2.17. The van der Waals surface area contributed by atoms with Crippen molar-refractivity contribution in [3.8, 4) is 0 Å². The Bertz CT molecular complexity index is 318. The van der Waals surface area contributed by atoms with Crippen LogP contribution >= 0.6 is 0 Å². The van der Waals surface area contributed by atoms with E-state index in [-0.39, 0.29) is 6.10 Å². The molecule has 0 saturated carbocycles. The number of aryl methyl sites for hydroxylation is 2. The van der Waals surface area contributed by atoms with Crippen LogP contribution in [0.2, 0.25) is 0 Å². The summed E-state index contributed by atoms with van der Waals surface area (Å²) in [6.07, 6.45) is 3.98. The quantitative estimate of drug-likeness (QED) is 0.759. The van der Waals surface area contributed by atoms with Gasteiger partial charge < -0.3 is 5.11 Å². The van der Waals surface area contributed by atoms with Gasteiger partial charge in [0.25, 0.3) is 0 Å². The zero-order valence-electron chi connectivity index (χ0n) is 10.2. The number of hydrogen-bond donors (Lipinski definition) is 1. The number of aliphatic hydroxyl groups is 1. The summed E-state index contributed by atoms with van der Waals surface area (Å²) in [7, 11) is 1.92. The highest BCUT2D eigenvalue weighted by molar-refractivity contribution is 5.26. The zero-order chi connectivity index (χ0) is 11.4. The molecular weight excluding hydrogens is 188 g/mol. The first-order valence-corrected chi connectivity index (χ1v) is 5.76. The number of aromatic nitrogens is 2. The van der Waals surface area contributed by atoms with Crippen molar-refractivity contribution in [3.63, 3.8) is 0 Å². The molecule has 15 heavy (non-hydrogen) atoms. The van der Waals surface area contributed by atoms with Gasteiger partial charge in [-0.05, 0) is 20.3 Å². The molecule has 1 unspecified atom stereocenters. The van der Waals surface area contributed by atoms with Gasteiger partial charge in [-0.3, -0.25) is 4.68 Å². The molecule has 1 N–H and O–H groups in total. The highest BCUT2D eigenvalue weighted by atomic mass is 16.3. The van der Waals surface area contributed by atoms with Crippen LogP contribution in [0.4, 0.5) is 0 Å². The molecule has 0 aliphatic rings. The SMILES string of the molecule is CCCCCC(O)c1c(C)nn(C)c1C. The van der Waals surface area contributed by atoms with E-state index in [1.807, 2.05) is 25.6 Å². The fraction of sp³-hybridized carbons (Fsp3) is 0.750. The van der Waals surface area contributed by atoms with Gasteiger partial charge in [0, 0.05) is 18.3 Å². The van der Waals surface area contributed by atoms with Gasteiger partial charge in [0.05, 0.1) is 11.8 Å². The van der Waals surface area contributed by atoms with E-state index in [0.29, 0.717) is 0 Å².